The lowest BCUT2D eigenvalue weighted by atomic mass is 9.98. The van der Waals surface area contributed by atoms with Crippen molar-refractivity contribution < 1.29 is 13.2 Å². The molecule has 0 bridgehead atoms. The summed E-state index contributed by atoms with van der Waals surface area (Å²) >= 11 is 0. The molecule has 1 aliphatic heterocycles. The summed E-state index contributed by atoms with van der Waals surface area (Å²) in [5, 5.41) is 8.70. The third-order valence-electron chi connectivity index (χ3n) is 3.48. The molecule has 0 aromatic carbocycles. The Morgan fingerprint density at radius 2 is 2.24 bits per heavy atom. The van der Waals surface area contributed by atoms with Gasteiger partial charge in [0.15, 0.2) is 0 Å². The Labute approximate surface area is 123 Å². The van der Waals surface area contributed by atoms with Crippen LogP contribution in [0.3, 0.4) is 0 Å². The van der Waals surface area contributed by atoms with Crippen molar-refractivity contribution in [3.8, 4) is 6.07 Å². The molecule has 2 unspecified atom stereocenters. The van der Waals surface area contributed by atoms with Crippen LogP contribution in [0, 0.1) is 17.2 Å². The van der Waals surface area contributed by atoms with Crippen molar-refractivity contribution in [2.75, 3.05) is 6.54 Å². The second kappa shape index (κ2) is 6.14. The van der Waals surface area contributed by atoms with Crippen LogP contribution in [0.25, 0.3) is 0 Å². The van der Waals surface area contributed by atoms with Crippen LogP contribution in [0.5, 0.6) is 0 Å². The van der Waals surface area contributed by atoms with E-state index in [4.69, 9.17) is 5.26 Å². The van der Waals surface area contributed by atoms with Gasteiger partial charge in [-0.2, -0.15) is 14.6 Å². The van der Waals surface area contributed by atoms with E-state index < -0.39 is 16.2 Å². The van der Waals surface area contributed by atoms with Crippen LogP contribution >= 0.6 is 0 Å². The molecule has 1 fully saturated rings. The molecule has 2 rings (SSSR count). The Morgan fingerprint density at radius 3 is 2.81 bits per heavy atom. The van der Waals surface area contributed by atoms with Gasteiger partial charge in [-0.15, -0.1) is 0 Å². The first-order valence-electron chi connectivity index (χ1n) is 6.45. The Morgan fingerprint density at radius 1 is 1.48 bits per heavy atom. The van der Waals surface area contributed by atoms with Crippen LogP contribution in [0.2, 0.25) is 0 Å². The van der Waals surface area contributed by atoms with Crippen molar-refractivity contribution in [3.05, 3.63) is 24.0 Å². The van der Waals surface area contributed by atoms with E-state index in [1.165, 1.54) is 22.5 Å². The predicted molar refractivity (Wildman–Crippen MR) is 73.2 cm³/mol. The number of aromatic nitrogens is 1. The maximum absolute atomic E-state index is 12.6. The van der Waals surface area contributed by atoms with Gasteiger partial charge < -0.3 is 0 Å². The molecule has 1 aromatic rings. The zero-order chi connectivity index (χ0) is 15.5. The highest BCUT2D eigenvalue weighted by Crippen LogP contribution is 2.29. The van der Waals surface area contributed by atoms with Crippen LogP contribution < -0.4 is 0 Å². The molecule has 1 aromatic heterocycles. The molecule has 2 heterocycles. The molecule has 1 aliphatic rings. The van der Waals surface area contributed by atoms with Gasteiger partial charge in [0, 0.05) is 12.7 Å². The molecule has 7 nitrogen and oxygen atoms in total. The van der Waals surface area contributed by atoms with Crippen molar-refractivity contribution in [2.45, 2.75) is 30.8 Å². The van der Waals surface area contributed by atoms with Crippen LogP contribution in [0.1, 0.15) is 25.5 Å². The number of pyridine rings is 1. The minimum atomic E-state index is -3.80. The summed E-state index contributed by atoms with van der Waals surface area (Å²) in [6.45, 7) is 2.15. The average Bonchev–Trinajstić information content (AvgIpc) is 2.49. The lowest BCUT2D eigenvalue weighted by Gasteiger charge is -2.35. The fourth-order valence-electron chi connectivity index (χ4n) is 2.38. The van der Waals surface area contributed by atoms with Crippen molar-refractivity contribution in [2.24, 2.45) is 10.9 Å². The minimum Gasteiger partial charge on any atom is -0.244 e. The second-order valence-corrected chi connectivity index (χ2v) is 6.75. The second-order valence-electron chi connectivity index (χ2n) is 4.86. The molecule has 0 N–H and O–H groups in total. The van der Waals surface area contributed by atoms with E-state index in [0.29, 0.717) is 13.0 Å². The van der Waals surface area contributed by atoms with Gasteiger partial charge in [-0.05, 0) is 30.9 Å². The molecule has 1 saturated heterocycles. The van der Waals surface area contributed by atoms with Gasteiger partial charge in [-0.25, -0.2) is 18.2 Å². The molecule has 0 saturated carbocycles. The number of carbonyl (C=O) groups excluding carboxylic acids is 1. The van der Waals surface area contributed by atoms with Gasteiger partial charge in [0.25, 0.3) is 0 Å². The molecule has 2 atom stereocenters. The lowest BCUT2D eigenvalue weighted by Crippen LogP contribution is -2.46. The number of sulfonamides is 1. The first-order chi connectivity index (χ1) is 10.0. The lowest BCUT2D eigenvalue weighted by molar-refractivity contribution is 0.194. The Balaban J connectivity index is 2.40. The van der Waals surface area contributed by atoms with E-state index in [0.717, 1.165) is 12.6 Å². The standard InChI is InChI=1S/C13H14N4O3S/c1-10-3-2-6-17(13(10)16-9-18)21(19,20)12-5-4-11(7-14)15-8-12/h4-5,8,10,13H,2-3,6H2,1H3. The molecule has 0 radical (unpaired) electrons. The number of aliphatic imine (C=N–C) groups is 1. The van der Waals surface area contributed by atoms with E-state index in [1.54, 1.807) is 0 Å². The summed E-state index contributed by atoms with van der Waals surface area (Å²) in [4.78, 5) is 18.0. The maximum Gasteiger partial charge on any atom is 0.246 e. The summed E-state index contributed by atoms with van der Waals surface area (Å²) in [6, 6.07) is 4.51. The molecular formula is C13H14N4O3S. The smallest absolute Gasteiger partial charge is 0.244 e. The van der Waals surface area contributed by atoms with Gasteiger partial charge in [0.05, 0.1) is 0 Å². The quantitative estimate of drug-likeness (QED) is 0.613. The number of nitrogens with zero attached hydrogens (tertiary/aromatic N) is 4. The van der Waals surface area contributed by atoms with Crippen molar-refractivity contribution in [3.63, 3.8) is 0 Å². The molecular weight excluding hydrogens is 292 g/mol. The van der Waals surface area contributed by atoms with E-state index in [-0.39, 0.29) is 16.5 Å². The summed E-state index contributed by atoms with van der Waals surface area (Å²) in [7, 11) is -3.80. The van der Waals surface area contributed by atoms with Gasteiger partial charge in [-0.3, -0.25) is 0 Å². The van der Waals surface area contributed by atoms with Crippen molar-refractivity contribution >= 4 is 16.1 Å². The predicted octanol–water partition coefficient (Wildman–Crippen LogP) is 1.04. The molecule has 0 spiro atoms. The van der Waals surface area contributed by atoms with E-state index in [9.17, 15) is 13.2 Å². The largest absolute Gasteiger partial charge is 0.246 e. The van der Waals surface area contributed by atoms with Gasteiger partial charge in [0.1, 0.15) is 22.8 Å². The minimum absolute atomic E-state index is 0.0123. The van der Waals surface area contributed by atoms with E-state index >= 15 is 0 Å². The summed E-state index contributed by atoms with van der Waals surface area (Å²) in [5.41, 5.74) is 0.142. The molecule has 110 valence electrons. The van der Waals surface area contributed by atoms with Crippen molar-refractivity contribution in [1.82, 2.24) is 9.29 Å². The van der Waals surface area contributed by atoms with Gasteiger partial charge >= 0.3 is 0 Å². The van der Waals surface area contributed by atoms with Crippen LogP contribution in [0.4, 0.5) is 0 Å². The molecule has 21 heavy (non-hydrogen) atoms. The topological polar surface area (TPSA) is 103 Å². The van der Waals surface area contributed by atoms with Crippen LogP contribution in [-0.2, 0) is 14.8 Å². The fraction of sp³-hybridized carbons (Fsp3) is 0.462. The Bertz CT molecular complexity index is 702. The first-order valence-corrected chi connectivity index (χ1v) is 7.89. The number of nitriles is 1. The Hall–Kier alpha value is -2.07. The molecule has 0 aliphatic carbocycles. The highest BCUT2D eigenvalue weighted by molar-refractivity contribution is 7.89. The number of piperidine rings is 1. The maximum atomic E-state index is 12.6. The summed E-state index contributed by atoms with van der Waals surface area (Å²) < 4.78 is 26.5. The number of rotatable bonds is 3. The third kappa shape index (κ3) is 3.00. The van der Waals surface area contributed by atoms with Crippen LogP contribution in [0.15, 0.2) is 28.2 Å². The number of isocyanates is 1. The zero-order valence-corrected chi connectivity index (χ0v) is 12.2. The summed E-state index contributed by atoms with van der Waals surface area (Å²) in [6.07, 6.45) is 3.36. The first kappa shape index (κ1) is 15.3. The number of hydrogen-bond acceptors (Lipinski definition) is 6. The third-order valence-corrected chi connectivity index (χ3v) is 5.34. The van der Waals surface area contributed by atoms with E-state index in [2.05, 4.69) is 9.98 Å². The van der Waals surface area contributed by atoms with Gasteiger partial charge in [0.2, 0.25) is 16.1 Å². The SMILES string of the molecule is CC1CCCN(S(=O)(=O)c2ccc(C#N)nc2)C1N=C=O. The molecule has 8 heteroatoms. The highest BCUT2D eigenvalue weighted by atomic mass is 32.2. The van der Waals surface area contributed by atoms with E-state index in [1.807, 2.05) is 13.0 Å². The zero-order valence-electron chi connectivity index (χ0n) is 11.4. The normalized spacial score (nSPS) is 23.0. The molecule has 0 amide bonds. The summed E-state index contributed by atoms with van der Waals surface area (Å²) in [5.74, 6) is -0.0543. The fourth-order valence-corrected chi connectivity index (χ4v) is 3.98. The Kier molecular flexibility index (Phi) is 4.48. The van der Waals surface area contributed by atoms with Gasteiger partial charge in [-0.1, -0.05) is 6.92 Å². The van der Waals surface area contributed by atoms with Crippen molar-refractivity contribution in [1.29, 1.82) is 5.26 Å². The average molecular weight is 306 g/mol. The highest BCUT2D eigenvalue weighted by Gasteiger charge is 2.37. The van der Waals surface area contributed by atoms with Crippen LogP contribution in [-0.4, -0.2) is 36.5 Å². The monoisotopic (exact) mass is 306 g/mol. The number of hydrogen-bond donors (Lipinski definition) is 0.